The smallest absolute Gasteiger partial charge is 0.307 e. The van der Waals surface area contributed by atoms with E-state index in [-0.39, 0.29) is 5.76 Å². The van der Waals surface area contributed by atoms with Gasteiger partial charge < -0.3 is 9.52 Å². The summed E-state index contributed by atoms with van der Waals surface area (Å²) in [4.78, 5) is 35.4. The molecular weight excluding hydrogens is 368 g/mol. The molecule has 0 aliphatic heterocycles. The van der Waals surface area contributed by atoms with Gasteiger partial charge in [0.15, 0.2) is 10.4 Å². The predicted molar refractivity (Wildman–Crippen MR) is 84.2 cm³/mol. The van der Waals surface area contributed by atoms with E-state index in [2.05, 4.69) is 26.8 Å². The van der Waals surface area contributed by atoms with Gasteiger partial charge in [0.25, 0.3) is 0 Å². The van der Waals surface area contributed by atoms with Gasteiger partial charge in [-0.2, -0.15) is 0 Å². The van der Waals surface area contributed by atoms with Crippen LogP contribution in [0.5, 0.6) is 0 Å². The van der Waals surface area contributed by atoms with E-state index >= 15 is 0 Å². The fourth-order valence-electron chi connectivity index (χ4n) is 2.54. The zero-order chi connectivity index (χ0) is 17.1. The maximum Gasteiger partial charge on any atom is 0.307 e. The number of hydrogen-bond donors (Lipinski definition) is 3. The summed E-state index contributed by atoms with van der Waals surface area (Å²) in [5, 5.41) is 9.31. The maximum absolute atomic E-state index is 12.3. The number of carboxylic acids is 1. The number of rotatable bonds is 3. The van der Waals surface area contributed by atoms with Gasteiger partial charge >= 0.3 is 11.9 Å². The van der Waals surface area contributed by atoms with Gasteiger partial charge in [-0.25, -0.2) is 0 Å². The fraction of sp³-hybridized carbons (Fsp3) is 0.400. The number of hydrazine groups is 1. The number of furan rings is 1. The highest BCUT2D eigenvalue weighted by Gasteiger charge is 2.37. The van der Waals surface area contributed by atoms with E-state index in [4.69, 9.17) is 4.42 Å². The summed E-state index contributed by atoms with van der Waals surface area (Å²) in [5.41, 5.74) is 6.51. The average molecular weight is 385 g/mol. The molecule has 1 aliphatic rings. The summed E-state index contributed by atoms with van der Waals surface area (Å²) in [6, 6.07) is 3.00. The quantitative estimate of drug-likeness (QED) is 0.546. The molecule has 1 aromatic heterocycles. The third-order valence-corrected chi connectivity index (χ3v) is 4.44. The van der Waals surface area contributed by atoms with Crippen molar-refractivity contribution in [2.75, 3.05) is 0 Å². The predicted octanol–water partition coefficient (Wildman–Crippen LogP) is 2.25. The Kier molecular flexibility index (Phi) is 5.25. The molecule has 2 rings (SSSR count). The maximum atomic E-state index is 12.3. The van der Waals surface area contributed by atoms with Gasteiger partial charge in [-0.1, -0.05) is 11.1 Å². The van der Waals surface area contributed by atoms with Crippen LogP contribution in [-0.2, 0) is 9.59 Å². The Hall–Kier alpha value is -2.09. The van der Waals surface area contributed by atoms with Crippen molar-refractivity contribution in [3.8, 4) is 0 Å². The van der Waals surface area contributed by atoms with Crippen molar-refractivity contribution in [1.82, 2.24) is 10.9 Å². The molecule has 0 radical (unpaired) electrons. The zero-order valence-electron chi connectivity index (χ0n) is 12.7. The minimum atomic E-state index is -1.02. The Morgan fingerprint density at radius 1 is 1.13 bits per heavy atom. The minimum absolute atomic E-state index is 0.0301. The van der Waals surface area contributed by atoms with Crippen molar-refractivity contribution in [3.63, 3.8) is 0 Å². The number of aliphatic carboxylic acids is 1. The molecule has 124 valence electrons. The first-order chi connectivity index (χ1) is 10.8. The number of amides is 2. The summed E-state index contributed by atoms with van der Waals surface area (Å²) in [6.07, 6.45) is 0.690. The van der Waals surface area contributed by atoms with Crippen LogP contribution in [0, 0.1) is 11.8 Å². The second kappa shape index (κ2) is 6.99. The molecule has 23 heavy (non-hydrogen) atoms. The van der Waals surface area contributed by atoms with Crippen LogP contribution in [0.25, 0.3) is 0 Å². The molecule has 1 aromatic rings. The molecule has 3 N–H and O–H groups in total. The molecule has 7 nitrogen and oxygen atoms in total. The molecular formula is C15H17BrN2O5. The van der Waals surface area contributed by atoms with Crippen molar-refractivity contribution in [3.05, 3.63) is 33.7 Å². The molecule has 1 heterocycles. The van der Waals surface area contributed by atoms with Crippen LogP contribution in [0.1, 0.15) is 37.2 Å². The SMILES string of the molecule is CC1=C(C)C[C@@H](C(=O)O)[C@@H](C(=O)NNC(=O)c2ccc(Br)o2)C1. The number of allylic oxidation sites excluding steroid dienone is 2. The number of halogens is 1. The summed E-state index contributed by atoms with van der Waals surface area (Å²) < 4.78 is 5.46. The van der Waals surface area contributed by atoms with Gasteiger partial charge in [0.05, 0.1) is 11.8 Å². The van der Waals surface area contributed by atoms with E-state index < -0.39 is 29.6 Å². The number of carboxylic acid groups (broad SMARTS) is 1. The molecule has 2 atom stereocenters. The molecule has 1 aliphatic carbocycles. The van der Waals surface area contributed by atoms with Crippen molar-refractivity contribution < 1.29 is 23.9 Å². The number of carbonyl (C=O) groups excluding carboxylic acids is 2. The van der Waals surface area contributed by atoms with Gasteiger partial charge in [-0.3, -0.25) is 25.2 Å². The summed E-state index contributed by atoms with van der Waals surface area (Å²) in [5.74, 6) is -3.65. The van der Waals surface area contributed by atoms with Crippen molar-refractivity contribution in [2.24, 2.45) is 11.8 Å². The molecule has 0 saturated carbocycles. The third kappa shape index (κ3) is 4.01. The van der Waals surface area contributed by atoms with Crippen LogP contribution >= 0.6 is 15.9 Å². The monoisotopic (exact) mass is 384 g/mol. The molecule has 0 aromatic carbocycles. The second-order valence-electron chi connectivity index (χ2n) is 5.57. The molecule has 0 unspecified atom stereocenters. The van der Waals surface area contributed by atoms with E-state index in [0.717, 1.165) is 11.1 Å². The number of hydrogen-bond acceptors (Lipinski definition) is 4. The van der Waals surface area contributed by atoms with E-state index in [0.29, 0.717) is 17.5 Å². The topological polar surface area (TPSA) is 109 Å². The van der Waals surface area contributed by atoms with Crippen molar-refractivity contribution in [1.29, 1.82) is 0 Å². The molecule has 0 spiro atoms. The van der Waals surface area contributed by atoms with Crippen LogP contribution < -0.4 is 10.9 Å². The zero-order valence-corrected chi connectivity index (χ0v) is 14.3. The molecule has 0 saturated heterocycles. The largest absolute Gasteiger partial charge is 0.481 e. The Bertz CT molecular complexity index is 679. The van der Waals surface area contributed by atoms with Gasteiger partial charge in [0.2, 0.25) is 5.91 Å². The second-order valence-corrected chi connectivity index (χ2v) is 6.35. The first-order valence-corrected chi connectivity index (χ1v) is 7.82. The van der Waals surface area contributed by atoms with Crippen molar-refractivity contribution >= 4 is 33.7 Å². The number of nitrogens with one attached hydrogen (secondary N) is 2. The lowest BCUT2D eigenvalue weighted by Gasteiger charge is -2.29. The standard InChI is InChI=1S/C15H17BrN2O5/c1-7-5-9(10(15(21)22)6-8(7)2)13(19)17-18-14(20)11-3-4-12(16)23-11/h3-4,9-10H,5-6H2,1-2H3,(H,17,19)(H,18,20)(H,21,22)/t9-,10+/m0/s1. The highest BCUT2D eigenvalue weighted by molar-refractivity contribution is 9.10. The van der Waals surface area contributed by atoms with Crippen LogP contribution in [-0.4, -0.2) is 22.9 Å². The minimum Gasteiger partial charge on any atom is -0.481 e. The van der Waals surface area contributed by atoms with E-state index in [1.54, 1.807) is 6.07 Å². The summed E-state index contributed by atoms with van der Waals surface area (Å²) in [7, 11) is 0. The van der Waals surface area contributed by atoms with Gasteiger partial charge in [0, 0.05) is 0 Å². The fourth-order valence-corrected chi connectivity index (χ4v) is 2.84. The first kappa shape index (κ1) is 17.3. The van der Waals surface area contributed by atoms with E-state index in [9.17, 15) is 19.5 Å². The molecule has 0 bridgehead atoms. The lowest BCUT2D eigenvalue weighted by Crippen LogP contribution is -2.48. The highest BCUT2D eigenvalue weighted by Crippen LogP contribution is 2.34. The Labute approximate surface area is 141 Å². The lowest BCUT2D eigenvalue weighted by atomic mass is 9.76. The normalized spacial score (nSPS) is 21.0. The van der Waals surface area contributed by atoms with Gasteiger partial charge in [-0.15, -0.1) is 0 Å². The Balaban J connectivity index is 2.01. The van der Waals surface area contributed by atoms with Gasteiger partial charge in [0.1, 0.15) is 0 Å². The molecule has 0 fully saturated rings. The average Bonchev–Trinajstić information content (AvgIpc) is 2.93. The Morgan fingerprint density at radius 3 is 2.26 bits per heavy atom. The van der Waals surface area contributed by atoms with Crippen LogP contribution in [0.15, 0.2) is 32.4 Å². The third-order valence-electron chi connectivity index (χ3n) is 4.02. The molecule has 2 amide bonds. The molecule has 8 heteroatoms. The Morgan fingerprint density at radius 2 is 1.74 bits per heavy atom. The lowest BCUT2D eigenvalue weighted by molar-refractivity contribution is -0.147. The van der Waals surface area contributed by atoms with Crippen LogP contribution in [0.4, 0.5) is 0 Å². The van der Waals surface area contributed by atoms with E-state index in [1.807, 2.05) is 13.8 Å². The summed E-state index contributed by atoms with van der Waals surface area (Å²) >= 11 is 3.07. The van der Waals surface area contributed by atoms with Crippen molar-refractivity contribution in [2.45, 2.75) is 26.7 Å². The highest BCUT2D eigenvalue weighted by atomic mass is 79.9. The van der Waals surface area contributed by atoms with Crippen LogP contribution in [0.2, 0.25) is 0 Å². The summed E-state index contributed by atoms with van der Waals surface area (Å²) in [6.45, 7) is 3.75. The number of carbonyl (C=O) groups is 3. The first-order valence-electron chi connectivity index (χ1n) is 7.03. The van der Waals surface area contributed by atoms with Crippen LogP contribution in [0.3, 0.4) is 0 Å². The van der Waals surface area contributed by atoms with E-state index in [1.165, 1.54) is 6.07 Å². The van der Waals surface area contributed by atoms with Gasteiger partial charge in [-0.05, 0) is 54.8 Å².